The summed E-state index contributed by atoms with van der Waals surface area (Å²) in [6.07, 6.45) is -3.72. The molecule has 1 aliphatic heterocycles. The van der Waals surface area contributed by atoms with Crippen molar-refractivity contribution in [3.63, 3.8) is 0 Å². The van der Waals surface area contributed by atoms with Crippen molar-refractivity contribution in [3.05, 3.63) is 17.2 Å². The minimum absolute atomic E-state index is 0.143. The van der Waals surface area contributed by atoms with E-state index in [1.807, 2.05) is 0 Å². The topological polar surface area (TPSA) is 34.9 Å². The highest BCUT2D eigenvalue weighted by Gasteiger charge is 2.17. The SMILES string of the molecule is [2H]C1c2nc(CC)c(C=O)n2C([2H])C([2H])([2H])C1[2H]. The van der Waals surface area contributed by atoms with Crippen LogP contribution in [-0.2, 0) is 19.3 Å². The fourth-order valence-corrected chi connectivity index (χ4v) is 1.39. The zero-order valence-electron chi connectivity index (χ0n) is 12.3. The van der Waals surface area contributed by atoms with Gasteiger partial charge in [-0.25, -0.2) is 4.98 Å². The van der Waals surface area contributed by atoms with Crippen molar-refractivity contribution in [3.8, 4) is 0 Å². The Balaban J connectivity index is 2.69. The number of fused-ring (bicyclic) bond motifs is 1. The molecule has 0 bridgehead atoms. The Morgan fingerprint density at radius 3 is 3.31 bits per heavy atom. The molecule has 13 heavy (non-hydrogen) atoms. The van der Waals surface area contributed by atoms with Crippen molar-refractivity contribution in [2.75, 3.05) is 0 Å². The van der Waals surface area contributed by atoms with Crippen LogP contribution in [0.15, 0.2) is 0 Å². The molecule has 1 aromatic heterocycles. The maximum Gasteiger partial charge on any atom is 0.168 e. The van der Waals surface area contributed by atoms with Crippen LogP contribution in [0.5, 0.6) is 0 Å². The van der Waals surface area contributed by atoms with Crippen LogP contribution in [0.3, 0.4) is 0 Å². The summed E-state index contributed by atoms with van der Waals surface area (Å²) in [6.45, 7) is 0.385. The second-order valence-electron chi connectivity index (χ2n) is 2.77. The Labute approximate surface area is 84.8 Å². The molecule has 0 saturated heterocycles. The van der Waals surface area contributed by atoms with Gasteiger partial charge in [-0.2, -0.15) is 0 Å². The van der Waals surface area contributed by atoms with Crippen LogP contribution in [-0.4, -0.2) is 15.8 Å². The Kier molecular flexibility index (Phi) is 1.12. The molecule has 70 valence electrons. The van der Waals surface area contributed by atoms with E-state index in [9.17, 15) is 4.79 Å². The van der Waals surface area contributed by atoms with E-state index in [-0.39, 0.29) is 11.5 Å². The molecule has 3 unspecified atom stereocenters. The molecule has 0 fully saturated rings. The Morgan fingerprint density at radius 2 is 2.62 bits per heavy atom. The molecule has 2 heterocycles. The first kappa shape index (κ1) is 4.40. The van der Waals surface area contributed by atoms with Gasteiger partial charge in [0.2, 0.25) is 0 Å². The lowest BCUT2D eigenvalue weighted by atomic mass is 10.1. The van der Waals surface area contributed by atoms with Crippen LogP contribution in [0, 0.1) is 0 Å². The number of rotatable bonds is 2. The molecule has 0 aromatic carbocycles. The summed E-state index contributed by atoms with van der Waals surface area (Å²) in [5.74, 6) is 0.143. The molecule has 3 nitrogen and oxygen atoms in total. The predicted octanol–water partition coefficient (Wildman–Crippen LogP) is 1.59. The number of hydrogen-bond donors (Lipinski definition) is 0. The number of nitrogens with zero attached hydrogens (tertiary/aromatic N) is 2. The van der Waals surface area contributed by atoms with E-state index in [2.05, 4.69) is 4.98 Å². The standard InChI is InChI=1S/C10H14N2O/c1-2-8-9(7-13)12-6-4-3-5-10(12)11-8/h7H,2-6H2,1H3/i3D,4D2,5D,6D. The number of hydrogen-bond acceptors (Lipinski definition) is 2. The minimum Gasteiger partial charge on any atom is -0.326 e. The number of imidazole rings is 1. The second kappa shape index (κ2) is 3.32. The van der Waals surface area contributed by atoms with Crippen LogP contribution in [0.25, 0.3) is 0 Å². The molecule has 3 atom stereocenters. The molecular formula is C10H14N2O. The normalized spacial score (nSPS) is 41.9. The van der Waals surface area contributed by atoms with Crippen LogP contribution < -0.4 is 0 Å². The summed E-state index contributed by atoms with van der Waals surface area (Å²) in [5.41, 5.74) is 0.611. The fourth-order valence-electron chi connectivity index (χ4n) is 1.39. The first-order valence-corrected chi connectivity index (χ1v) is 4.19. The zero-order valence-corrected chi connectivity index (χ0v) is 7.32. The highest BCUT2D eigenvalue weighted by molar-refractivity contribution is 5.74. The van der Waals surface area contributed by atoms with Crippen molar-refractivity contribution in [2.45, 2.75) is 39.0 Å². The summed E-state index contributed by atoms with van der Waals surface area (Å²) in [5, 5.41) is 0. The zero-order chi connectivity index (χ0) is 13.7. The summed E-state index contributed by atoms with van der Waals surface area (Å²) < 4.78 is 40.1. The summed E-state index contributed by atoms with van der Waals surface area (Å²) in [6, 6.07) is 0. The van der Waals surface area contributed by atoms with E-state index in [0.29, 0.717) is 18.4 Å². The monoisotopic (exact) mass is 183 g/mol. The molecular weight excluding hydrogens is 164 g/mol. The smallest absolute Gasteiger partial charge is 0.168 e. The number of aromatic nitrogens is 2. The molecule has 2 rings (SSSR count). The van der Waals surface area contributed by atoms with Gasteiger partial charge in [-0.05, 0) is 19.2 Å². The van der Waals surface area contributed by atoms with Crippen molar-refractivity contribution >= 4 is 6.29 Å². The molecule has 0 saturated carbocycles. The summed E-state index contributed by atoms with van der Waals surface area (Å²) in [7, 11) is 0. The first-order valence-electron chi connectivity index (χ1n) is 6.92. The number of carbonyl (C=O) groups excluding carboxylic acids is 1. The van der Waals surface area contributed by atoms with Gasteiger partial charge in [0.15, 0.2) is 6.29 Å². The molecule has 1 aliphatic rings. The van der Waals surface area contributed by atoms with Gasteiger partial charge < -0.3 is 4.57 Å². The predicted molar refractivity (Wildman–Crippen MR) is 49.9 cm³/mol. The van der Waals surface area contributed by atoms with Gasteiger partial charge >= 0.3 is 0 Å². The molecule has 0 aliphatic carbocycles. The number of aryl methyl sites for hydroxylation is 2. The Morgan fingerprint density at radius 1 is 1.77 bits per heavy atom. The average molecular weight is 183 g/mol. The third kappa shape index (κ3) is 1.28. The highest BCUT2D eigenvalue weighted by atomic mass is 16.1. The van der Waals surface area contributed by atoms with Crippen molar-refractivity contribution in [2.24, 2.45) is 0 Å². The average Bonchev–Trinajstić information content (AvgIpc) is 2.72. The van der Waals surface area contributed by atoms with Gasteiger partial charge in [0.25, 0.3) is 0 Å². The molecule has 0 N–H and O–H groups in total. The lowest BCUT2D eigenvalue weighted by Gasteiger charge is -2.13. The molecule has 1 aromatic rings. The van der Waals surface area contributed by atoms with E-state index >= 15 is 0 Å². The molecule has 0 spiro atoms. The van der Waals surface area contributed by atoms with Gasteiger partial charge in [0.1, 0.15) is 11.5 Å². The minimum atomic E-state index is -2.18. The van der Waals surface area contributed by atoms with Gasteiger partial charge in [-0.3, -0.25) is 4.79 Å². The first-order chi connectivity index (χ1) is 8.36. The number of aldehydes is 1. The summed E-state index contributed by atoms with van der Waals surface area (Å²) >= 11 is 0. The van der Waals surface area contributed by atoms with Gasteiger partial charge in [0, 0.05) is 19.8 Å². The third-order valence-electron chi connectivity index (χ3n) is 2.03. The fraction of sp³-hybridized carbons (Fsp3) is 0.600. The van der Waals surface area contributed by atoms with E-state index in [4.69, 9.17) is 6.85 Å². The quantitative estimate of drug-likeness (QED) is 0.653. The van der Waals surface area contributed by atoms with E-state index in [0.717, 1.165) is 4.57 Å². The lowest BCUT2D eigenvalue weighted by molar-refractivity contribution is 0.111. The maximum atomic E-state index is 11.1. The van der Waals surface area contributed by atoms with Crippen LogP contribution >= 0.6 is 0 Å². The van der Waals surface area contributed by atoms with Gasteiger partial charge in [0.05, 0.1) is 5.69 Å². The van der Waals surface area contributed by atoms with Gasteiger partial charge in [-0.15, -0.1) is 0 Å². The molecule has 3 heteroatoms. The van der Waals surface area contributed by atoms with Crippen LogP contribution in [0.2, 0.25) is 0 Å². The number of carbonyl (C=O) groups is 1. The highest BCUT2D eigenvalue weighted by Crippen LogP contribution is 2.18. The maximum absolute atomic E-state index is 11.1. The van der Waals surface area contributed by atoms with Crippen molar-refractivity contribution in [1.29, 1.82) is 0 Å². The lowest BCUT2D eigenvalue weighted by Crippen LogP contribution is -2.12. The van der Waals surface area contributed by atoms with E-state index in [1.165, 1.54) is 0 Å². The second-order valence-corrected chi connectivity index (χ2v) is 2.77. The molecule has 0 radical (unpaired) electrons. The van der Waals surface area contributed by atoms with Crippen molar-refractivity contribution < 1.29 is 11.6 Å². The van der Waals surface area contributed by atoms with E-state index in [1.54, 1.807) is 6.92 Å². The third-order valence-corrected chi connectivity index (χ3v) is 2.03. The van der Waals surface area contributed by atoms with Crippen LogP contribution in [0.1, 0.15) is 48.6 Å². The van der Waals surface area contributed by atoms with E-state index < -0.39 is 25.7 Å². The Bertz CT molecular complexity index is 487. The van der Waals surface area contributed by atoms with Gasteiger partial charge in [-0.1, -0.05) is 6.92 Å². The molecule has 0 amide bonds. The van der Waals surface area contributed by atoms with Crippen molar-refractivity contribution in [1.82, 2.24) is 9.55 Å². The van der Waals surface area contributed by atoms with Crippen LogP contribution in [0.4, 0.5) is 0 Å². The largest absolute Gasteiger partial charge is 0.326 e. The summed E-state index contributed by atoms with van der Waals surface area (Å²) in [4.78, 5) is 15.2. The Hall–Kier alpha value is -1.12.